The zero-order valence-corrected chi connectivity index (χ0v) is 12.4. The standard InChI is InChI=1S/C14H20N2O3S/c1-2-8-20(18,19)15-10-11-4-3-5-13(9-11)16-14(17)12-6-7-12/h3-5,9,12,15H,2,6-8,10H2,1H3,(H,16,17). The van der Waals surface area contributed by atoms with Crippen molar-refractivity contribution in [3.05, 3.63) is 29.8 Å². The number of hydrogen-bond donors (Lipinski definition) is 2. The molecule has 0 bridgehead atoms. The van der Waals surface area contributed by atoms with Crippen LogP contribution in [0.2, 0.25) is 0 Å². The number of carbonyl (C=O) groups is 1. The topological polar surface area (TPSA) is 75.3 Å². The lowest BCUT2D eigenvalue weighted by Gasteiger charge is -2.08. The van der Waals surface area contributed by atoms with Crippen LogP contribution in [0.15, 0.2) is 24.3 Å². The molecule has 0 atom stereocenters. The van der Waals surface area contributed by atoms with E-state index in [2.05, 4.69) is 10.0 Å². The van der Waals surface area contributed by atoms with Crippen LogP contribution in [0.25, 0.3) is 0 Å². The van der Waals surface area contributed by atoms with E-state index in [4.69, 9.17) is 0 Å². The summed E-state index contributed by atoms with van der Waals surface area (Å²) in [6.45, 7) is 2.07. The Morgan fingerprint density at radius 2 is 2.10 bits per heavy atom. The van der Waals surface area contributed by atoms with E-state index < -0.39 is 10.0 Å². The Hall–Kier alpha value is -1.40. The molecule has 0 spiro atoms. The van der Waals surface area contributed by atoms with Crippen LogP contribution >= 0.6 is 0 Å². The van der Waals surface area contributed by atoms with Gasteiger partial charge in [-0.1, -0.05) is 19.1 Å². The highest BCUT2D eigenvalue weighted by Gasteiger charge is 2.29. The summed E-state index contributed by atoms with van der Waals surface area (Å²) in [4.78, 5) is 11.7. The lowest BCUT2D eigenvalue weighted by molar-refractivity contribution is -0.117. The SMILES string of the molecule is CCCS(=O)(=O)NCc1cccc(NC(=O)C2CC2)c1. The Labute approximate surface area is 119 Å². The molecule has 0 saturated heterocycles. The molecule has 1 amide bonds. The average molecular weight is 296 g/mol. The van der Waals surface area contributed by atoms with Gasteiger partial charge in [-0.25, -0.2) is 13.1 Å². The van der Waals surface area contributed by atoms with Gasteiger partial charge in [-0.05, 0) is 37.0 Å². The molecular formula is C14H20N2O3S. The molecule has 6 heteroatoms. The molecule has 1 aliphatic carbocycles. The highest BCUT2D eigenvalue weighted by molar-refractivity contribution is 7.89. The van der Waals surface area contributed by atoms with E-state index in [1.807, 2.05) is 25.1 Å². The van der Waals surface area contributed by atoms with Gasteiger partial charge in [0.2, 0.25) is 15.9 Å². The fourth-order valence-corrected chi connectivity index (χ4v) is 2.95. The van der Waals surface area contributed by atoms with Gasteiger partial charge in [0.05, 0.1) is 5.75 Å². The minimum atomic E-state index is -3.21. The smallest absolute Gasteiger partial charge is 0.227 e. The van der Waals surface area contributed by atoms with Crippen LogP contribution in [0.4, 0.5) is 5.69 Å². The van der Waals surface area contributed by atoms with Crippen LogP contribution in [-0.4, -0.2) is 20.1 Å². The Morgan fingerprint density at radius 3 is 2.75 bits per heavy atom. The lowest BCUT2D eigenvalue weighted by Crippen LogP contribution is -2.25. The van der Waals surface area contributed by atoms with Crippen molar-refractivity contribution in [1.29, 1.82) is 0 Å². The third-order valence-corrected chi connectivity index (χ3v) is 4.64. The summed E-state index contributed by atoms with van der Waals surface area (Å²) in [6, 6.07) is 7.26. The molecule has 2 N–H and O–H groups in total. The molecule has 1 aliphatic rings. The number of sulfonamides is 1. The van der Waals surface area contributed by atoms with Crippen molar-refractivity contribution in [3.8, 4) is 0 Å². The van der Waals surface area contributed by atoms with E-state index in [1.54, 1.807) is 6.07 Å². The van der Waals surface area contributed by atoms with Gasteiger partial charge in [-0.15, -0.1) is 0 Å². The second kappa shape index (κ2) is 6.37. The van der Waals surface area contributed by atoms with Crippen LogP contribution in [0, 0.1) is 5.92 Å². The average Bonchev–Trinajstić information content (AvgIpc) is 3.21. The fraction of sp³-hybridized carbons (Fsp3) is 0.500. The zero-order valence-electron chi connectivity index (χ0n) is 11.6. The summed E-state index contributed by atoms with van der Waals surface area (Å²) in [5.41, 5.74) is 1.55. The fourth-order valence-electron chi connectivity index (χ4n) is 1.88. The molecule has 1 aromatic rings. The van der Waals surface area contributed by atoms with Crippen LogP contribution in [0.1, 0.15) is 31.7 Å². The Morgan fingerprint density at radius 1 is 1.35 bits per heavy atom. The molecule has 1 fully saturated rings. The second-order valence-electron chi connectivity index (χ2n) is 5.10. The number of hydrogen-bond acceptors (Lipinski definition) is 3. The van der Waals surface area contributed by atoms with E-state index in [0.717, 1.165) is 18.4 Å². The molecule has 1 saturated carbocycles. The van der Waals surface area contributed by atoms with E-state index >= 15 is 0 Å². The van der Waals surface area contributed by atoms with Crippen molar-refractivity contribution in [3.63, 3.8) is 0 Å². The lowest BCUT2D eigenvalue weighted by atomic mass is 10.2. The minimum Gasteiger partial charge on any atom is -0.326 e. The van der Waals surface area contributed by atoms with Crippen LogP contribution in [0.5, 0.6) is 0 Å². The largest absolute Gasteiger partial charge is 0.326 e. The molecular weight excluding hydrogens is 276 g/mol. The van der Waals surface area contributed by atoms with Gasteiger partial charge in [0.25, 0.3) is 0 Å². The third-order valence-electron chi connectivity index (χ3n) is 3.11. The summed E-state index contributed by atoms with van der Waals surface area (Å²) in [7, 11) is -3.21. The van der Waals surface area contributed by atoms with E-state index in [-0.39, 0.29) is 24.1 Å². The molecule has 1 aromatic carbocycles. The Kier molecular flexibility index (Phi) is 4.77. The van der Waals surface area contributed by atoms with Gasteiger partial charge in [0.1, 0.15) is 0 Å². The van der Waals surface area contributed by atoms with Gasteiger partial charge < -0.3 is 5.32 Å². The maximum Gasteiger partial charge on any atom is 0.227 e. The molecule has 0 unspecified atom stereocenters. The van der Waals surface area contributed by atoms with Crippen molar-refractivity contribution in [2.24, 2.45) is 5.92 Å². The highest BCUT2D eigenvalue weighted by atomic mass is 32.2. The molecule has 0 aromatic heterocycles. The summed E-state index contributed by atoms with van der Waals surface area (Å²) in [6.07, 6.45) is 2.51. The van der Waals surface area contributed by atoms with Gasteiger partial charge >= 0.3 is 0 Å². The summed E-state index contributed by atoms with van der Waals surface area (Å²) < 4.78 is 25.7. The normalized spacial score (nSPS) is 15.1. The van der Waals surface area contributed by atoms with Crippen molar-refractivity contribution >= 4 is 21.6 Å². The van der Waals surface area contributed by atoms with Gasteiger partial charge in [0.15, 0.2) is 0 Å². The number of carbonyl (C=O) groups excluding carboxylic acids is 1. The van der Waals surface area contributed by atoms with Gasteiger partial charge in [0, 0.05) is 18.2 Å². The van der Waals surface area contributed by atoms with Crippen LogP contribution < -0.4 is 10.0 Å². The number of nitrogens with one attached hydrogen (secondary N) is 2. The molecule has 2 rings (SSSR count). The number of benzene rings is 1. The summed E-state index contributed by atoms with van der Waals surface area (Å²) in [5, 5.41) is 2.85. The maximum absolute atomic E-state index is 11.7. The van der Waals surface area contributed by atoms with Gasteiger partial charge in [-0.2, -0.15) is 0 Å². The maximum atomic E-state index is 11.7. The van der Waals surface area contributed by atoms with Crippen molar-refractivity contribution < 1.29 is 13.2 Å². The Balaban J connectivity index is 1.93. The first-order valence-electron chi connectivity index (χ1n) is 6.87. The number of anilines is 1. The summed E-state index contributed by atoms with van der Waals surface area (Å²) >= 11 is 0. The first kappa shape index (κ1) is 15.0. The molecule has 0 radical (unpaired) electrons. The first-order chi connectivity index (χ1) is 9.50. The number of rotatable bonds is 7. The van der Waals surface area contributed by atoms with Crippen molar-refractivity contribution in [2.75, 3.05) is 11.1 Å². The molecule has 0 heterocycles. The second-order valence-corrected chi connectivity index (χ2v) is 7.03. The van der Waals surface area contributed by atoms with E-state index in [9.17, 15) is 13.2 Å². The minimum absolute atomic E-state index is 0.0497. The molecule has 5 nitrogen and oxygen atoms in total. The highest BCUT2D eigenvalue weighted by Crippen LogP contribution is 2.30. The predicted molar refractivity (Wildman–Crippen MR) is 78.7 cm³/mol. The molecule has 110 valence electrons. The van der Waals surface area contributed by atoms with Crippen LogP contribution in [0.3, 0.4) is 0 Å². The quantitative estimate of drug-likeness (QED) is 0.806. The van der Waals surface area contributed by atoms with Crippen molar-refractivity contribution in [2.45, 2.75) is 32.7 Å². The molecule has 20 heavy (non-hydrogen) atoms. The number of amides is 1. The first-order valence-corrected chi connectivity index (χ1v) is 8.52. The van der Waals surface area contributed by atoms with Crippen molar-refractivity contribution in [1.82, 2.24) is 4.72 Å². The molecule has 0 aliphatic heterocycles. The third kappa shape index (κ3) is 4.61. The van der Waals surface area contributed by atoms with E-state index in [1.165, 1.54) is 0 Å². The summed E-state index contributed by atoms with van der Waals surface area (Å²) in [5.74, 6) is 0.334. The Bertz CT molecular complexity index is 580. The van der Waals surface area contributed by atoms with Gasteiger partial charge in [-0.3, -0.25) is 4.79 Å². The monoisotopic (exact) mass is 296 g/mol. The van der Waals surface area contributed by atoms with E-state index in [0.29, 0.717) is 12.1 Å². The predicted octanol–water partition coefficient (Wildman–Crippen LogP) is 1.86. The van der Waals surface area contributed by atoms with Crippen LogP contribution in [-0.2, 0) is 21.4 Å². The zero-order chi connectivity index (χ0) is 14.6.